The highest BCUT2D eigenvalue weighted by molar-refractivity contribution is 5.96. The average Bonchev–Trinajstić information content (AvgIpc) is 2.62. The van der Waals surface area contributed by atoms with Crippen molar-refractivity contribution in [2.24, 2.45) is 5.73 Å². The molecule has 6 nitrogen and oxygen atoms in total. The summed E-state index contributed by atoms with van der Waals surface area (Å²) < 4.78 is 16.2. The molecular weight excluding hydrogens is 334 g/mol. The molecule has 1 heterocycles. The van der Waals surface area contributed by atoms with Crippen molar-refractivity contribution < 1.29 is 18.7 Å². The molecular formula is C20H19NO5. The van der Waals surface area contributed by atoms with Crippen LogP contribution >= 0.6 is 0 Å². The van der Waals surface area contributed by atoms with Gasteiger partial charge >= 0.3 is 5.63 Å². The van der Waals surface area contributed by atoms with Crippen LogP contribution in [0.5, 0.6) is 11.5 Å². The Morgan fingerprint density at radius 1 is 1.15 bits per heavy atom. The molecule has 0 unspecified atom stereocenters. The van der Waals surface area contributed by atoms with Gasteiger partial charge in [0.15, 0.2) is 0 Å². The predicted octanol–water partition coefficient (Wildman–Crippen LogP) is 3.10. The van der Waals surface area contributed by atoms with E-state index in [4.69, 9.17) is 19.6 Å². The molecule has 0 fully saturated rings. The first-order valence-corrected chi connectivity index (χ1v) is 8.04. The number of nitrogens with two attached hydrogens (primary N) is 1. The molecule has 0 bridgehead atoms. The van der Waals surface area contributed by atoms with E-state index in [1.807, 2.05) is 26.0 Å². The van der Waals surface area contributed by atoms with Gasteiger partial charge in [-0.2, -0.15) is 0 Å². The Labute approximate surface area is 150 Å². The Bertz CT molecular complexity index is 1050. The Hall–Kier alpha value is -3.28. The molecule has 6 heteroatoms. The fourth-order valence-corrected chi connectivity index (χ4v) is 2.75. The summed E-state index contributed by atoms with van der Waals surface area (Å²) in [5.74, 6) is 0.203. The Morgan fingerprint density at radius 3 is 2.62 bits per heavy atom. The maximum absolute atomic E-state index is 11.9. The largest absolute Gasteiger partial charge is 0.497 e. The van der Waals surface area contributed by atoms with Gasteiger partial charge in [0.1, 0.15) is 23.7 Å². The van der Waals surface area contributed by atoms with Crippen molar-refractivity contribution in [3.63, 3.8) is 0 Å². The number of carbonyl (C=O) groups is 1. The van der Waals surface area contributed by atoms with Crippen LogP contribution in [0, 0.1) is 13.8 Å². The molecule has 1 amide bonds. The van der Waals surface area contributed by atoms with Crippen molar-refractivity contribution in [2.75, 3.05) is 7.11 Å². The van der Waals surface area contributed by atoms with Crippen LogP contribution in [0.15, 0.2) is 45.6 Å². The van der Waals surface area contributed by atoms with Gasteiger partial charge in [0.05, 0.1) is 12.7 Å². The van der Waals surface area contributed by atoms with E-state index >= 15 is 0 Å². The Morgan fingerprint density at radius 2 is 1.92 bits per heavy atom. The summed E-state index contributed by atoms with van der Waals surface area (Å²) in [5, 5.41) is 0.793. The first kappa shape index (κ1) is 17.5. The lowest BCUT2D eigenvalue weighted by atomic mass is 10.0. The van der Waals surface area contributed by atoms with Gasteiger partial charge < -0.3 is 19.6 Å². The molecule has 0 saturated carbocycles. The van der Waals surface area contributed by atoms with Crippen LogP contribution in [0.4, 0.5) is 0 Å². The van der Waals surface area contributed by atoms with Crippen molar-refractivity contribution in [1.82, 2.24) is 0 Å². The number of amides is 1. The van der Waals surface area contributed by atoms with Crippen LogP contribution in [0.25, 0.3) is 11.0 Å². The molecule has 2 aromatic carbocycles. The highest BCUT2D eigenvalue weighted by Crippen LogP contribution is 2.27. The van der Waals surface area contributed by atoms with E-state index in [0.29, 0.717) is 22.6 Å². The second-order valence-corrected chi connectivity index (χ2v) is 5.99. The van der Waals surface area contributed by atoms with Gasteiger partial charge in [-0.25, -0.2) is 4.79 Å². The fourth-order valence-electron chi connectivity index (χ4n) is 2.75. The minimum absolute atomic E-state index is 0.0945. The monoisotopic (exact) mass is 353 g/mol. The smallest absolute Gasteiger partial charge is 0.336 e. The summed E-state index contributed by atoms with van der Waals surface area (Å²) in [4.78, 5) is 23.6. The fraction of sp³-hybridized carbons (Fsp3) is 0.200. The van der Waals surface area contributed by atoms with E-state index in [1.54, 1.807) is 12.1 Å². The molecule has 0 saturated heterocycles. The zero-order valence-corrected chi connectivity index (χ0v) is 14.8. The third-order valence-corrected chi connectivity index (χ3v) is 4.35. The second kappa shape index (κ2) is 6.92. The molecule has 0 aliphatic rings. The number of rotatable bonds is 5. The Balaban J connectivity index is 2.00. The van der Waals surface area contributed by atoms with Gasteiger partial charge in [-0.05, 0) is 43.2 Å². The summed E-state index contributed by atoms with van der Waals surface area (Å²) in [6, 6.07) is 10.0. The van der Waals surface area contributed by atoms with E-state index < -0.39 is 11.5 Å². The molecule has 3 aromatic rings. The highest BCUT2D eigenvalue weighted by Gasteiger charge is 2.14. The molecule has 2 N–H and O–H groups in total. The van der Waals surface area contributed by atoms with E-state index in [2.05, 4.69) is 0 Å². The normalized spacial score (nSPS) is 10.7. The minimum Gasteiger partial charge on any atom is -0.497 e. The number of methoxy groups -OCH3 is 1. The molecule has 0 aliphatic carbocycles. The van der Waals surface area contributed by atoms with Crippen LogP contribution in [-0.2, 0) is 6.61 Å². The van der Waals surface area contributed by atoms with Crippen molar-refractivity contribution >= 4 is 16.9 Å². The quantitative estimate of drug-likeness (QED) is 0.712. The average molecular weight is 353 g/mol. The minimum atomic E-state index is -0.622. The number of carbonyl (C=O) groups excluding carboxylic acids is 1. The number of fused-ring (bicyclic) bond motifs is 1. The van der Waals surface area contributed by atoms with Gasteiger partial charge in [-0.15, -0.1) is 0 Å². The predicted molar refractivity (Wildman–Crippen MR) is 97.8 cm³/mol. The van der Waals surface area contributed by atoms with Crippen molar-refractivity contribution in [2.45, 2.75) is 20.5 Å². The van der Waals surface area contributed by atoms with E-state index in [-0.39, 0.29) is 12.2 Å². The summed E-state index contributed by atoms with van der Waals surface area (Å²) in [5.41, 5.74) is 8.33. The third-order valence-electron chi connectivity index (χ3n) is 4.35. The third kappa shape index (κ3) is 3.26. The van der Waals surface area contributed by atoms with E-state index in [9.17, 15) is 9.59 Å². The van der Waals surface area contributed by atoms with E-state index in [1.165, 1.54) is 19.2 Å². The number of benzene rings is 2. The molecule has 3 rings (SSSR count). The molecule has 0 atom stereocenters. The lowest BCUT2D eigenvalue weighted by molar-refractivity contribution is 0.0995. The van der Waals surface area contributed by atoms with Crippen LogP contribution in [0.2, 0.25) is 0 Å². The maximum atomic E-state index is 11.9. The number of primary amides is 1. The molecule has 0 aliphatic heterocycles. The maximum Gasteiger partial charge on any atom is 0.336 e. The summed E-state index contributed by atoms with van der Waals surface area (Å²) >= 11 is 0. The highest BCUT2D eigenvalue weighted by atomic mass is 16.5. The number of ether oxygens (including phenoxy) is 2. The first-order chi connectivity index (χ1) is 12.4. The SMILES string of the molecule is COc1ccc(OCc2cc(=O)oc3c(C)c(C)ccc23)c(C(N)=O)c1. The topological polar surface area (TPSA) is 91.8 Å². The summed E-state index contributed by atoms with van der Waals surface area (Å²) in [6.45, 7) is 3.95. The van der Waals surface area contributed by atoms with Gasteiger partial charge in [0.2, 0.25) is 0 Å². The summed E-state index contributed by atoms with van der Waals surface area (Å²) in [6.07, 6.45) is 0. The van der Waals surface area contributed by atoms with Gasteiger partial charge in [-0.1, -0.05) is 12.1 Å². The zero-order chi connectivity index (χ0) is 18.8. The number of aryl methyl sites for hydroxylation is 2. The van der Waals surface area contributed by atoms with Gasteiger partial charge in [0.25, 0.3) is 5.91 Å². The van der Waals surface area contributed by atoms with Crippen molar-refractivity contribution in [3.05, 3.63) is 69.1 Å². The van der Waals surface area contributed by atoms with Crippen molar-refractivity contribution in [3.8, 4) is 11.5 Å². The van der Waals surface area contributed by atoms with Gasteiger partial charge in [0, 0.05) is 17.0 Å². The molecule has 1 aromatic heterocycles. The molecule has 0 radical (unpaired) electrons. The second-order valence-electron chi connectivity index (χ2n) is 5.99. The Kier molecular flexibility index (Phi) is 4.67. The molecule has 26 heavy (non-hydrogen) atoms. The lowest BCUT2D eigenvalue weighted by Crippen LogP contribution is -2.13. The van der Waals surface area contributed by atoms with Crippen molar-refractivity contribution in [1.29, 1.82) is 0 Å². The first-order valence-electron chi connectivity index (χ1n) is 8.04. The lowest BCUT2D eigenvalue weighted by Gasteiger charge is -2.13. The number of hydrogen-bond donors (Lipinski definition) is 1. The van der Waals surface area contributed by atoms with E-state index in [0.717, 1.165) is 16.5 Å². The number of hydrogen-bond acceptors (Lipinski definition) is 5. The van der Waals surface area contributed by atoms with Crippen LogP contribution in [0.3, 0.4) is 0 Å². The standard InChI is InChI=1S/C20H19NO5/c1-11-4-6-15-13(8-18(22)26-19(15)12(11)2)10-25-17-7-5-14(24-3)9-16(17)20(21)23/h4-9H,10H2,1-3H3,(H2,21,23). The molecule has 0 spiro atoms. The molecule has 134 valence electrons. The van der Waals surface area contributed by atoms with Crippen LogP contribution in [0.1, 0.15) is 27.0 Å². The zero-order valence-electron chi connectivity index (χ0n) is 14.8. The summed E-state index contributed by atoms with van der Waals surface area (Å²) in [7, 11) is 1.50. The van der Waals surface area contributed by atoms with Crippen LogP contribution < -0.4 is 20.8 Å². The van der Waals surface area contributed by atoms with Gasteiger partial charge in [-0.3, -0.25) is 4.79 Å². The van der Waals surface area contributed by atoms with Crippen LogP contribution in [-0.4, -0.2) is 13.0 Å².